The Morgan fingerprint density at radius 3 is 2.48 bits per heavy atom. The first-order valence-electron chi connectivity index (χ1n) is 7.59. The third kappa shape index (κ3) is 3.16. The van der Waals surface area contributed by atoms with Crippen LogP contribution in [0.25, 0.3) is 0 Å². The molecule has 0 radical (unpaired) electrons. The highest BCUT2D eigenvalue weighted by atomic mass is 16.5. The summed E-state index contributed by atoms with van der Waals surface area (Å²) in [5.41, 5.74) is 7.32. The highest BCUT2D eigenvalue weighted by Gasteiger charge is 2.41. The number of ether oxygens (including phenoxy) is 3. The van der Waals surface area contributed by atoms with E-state index in [-0.39, 0.29) is 11.6 Å². The van der Waals surface area contributed by atoms with E-state index in [1.54, 1.807) is 21.3 Å². The van der Waals surface area contributed by atoms with E-state index in [2.05, 4.69) is 6.92 Å². The van der Waals surface area contributed by atoms with Crippen LogP contribution in [-0.4, -0.2) is 26.9 Å². The molecule has 0 bridgehead atoms. The van der Waals surface area contributed by atoms with Crippen molar-refractivity contribution in [2.75, 3.05) is 21.3 Å². The molecule has 1 aliphatic rings. The van der Waals surface area contributed by atoms with Gasteiger partial charge in [0.1, 0.15) is 0 Å². The lowest BCUT2D eigenvalue weighted by Crippen LogP contribution is -2.46. The van der Waals surface area contributed by atoms with Gasteiger partial charge in [-0.3, -0.25) is 0 Å². The quantitative estimate of drug-likeness (QED) is 0.905. The van der Waals surface area contributed by atoms with Crippen molar-refractivity contribution in [2.24, 2.45) is 11.7 Å². The molecule has 0 saturated heterocycles. The van der Waals surface area contributed by atoms with E-state index in [9.17, 15) is 0 Å². The standard InChI is InChI=1S/C17H27NO3/c1-12-6-5-9-17(11-12,21-4)16(18)13-7-8-14(19-2)15(10-13)20-3/h7-8,10,12,16H,5-6,9,11,18H2,1-4H3. The van der Waals surface area contributed by atoms with E-state index >= 15 is 0 Å². The van der Waals surface area contributed by atoms with Gasteiger partial charge in [0.25, 0.3) is 0 Å². The molecule has 2 N–H and O–H groups in total. The molecule has 0 heterocycles. The predicted molar refractivity (Wildman–Crippen MR) is 83.8 cm³/mol. The van der Waals surface area contributed by atoms with Gasteiger partial charge in [0.15, 0.2) is 11.5 Å². The average Bonchev–Trinajstić information content (AvgIpc) is 2.53. The minimum absolute atomic E-state index is 0.162. The predicted octanol–water partition coefficient (Wildman–Crippen LogP) is 3.30. The SMILES string of the molecule is COc1ccc(C(N)C2(OC)CCCC(C)C2)cc1OC. The Balaban J connectivity index is 2.31. The molecule has 4 nitrogen and oxygen atoms in total. The summed E-state index contributed by atoms with van der Waals surface area (Å²) in [5.74, 6) is 2.07. The van der Waals surface area contributed by atoms with Crippen molar-refractivity contribution in [2.45, 2.75) is 44.2 Å². The molecule has 21 heavy (non-hydrogen) atoms. The summed E-state index contributed by atoms with van der Waals surface area (Å²) in [4.78, 5) is 0. The first-order chi connectivity index (χ1) is 10.1. The van der Waals surface area contributed by atoms with E-state index in [4.69, 9.17) is 19.9 Å². The fraction of sp³-hybridized carbons (Fsp3) is 0.647. The first kappa shape index (κ1) is 16.1. The fourth-order valence-corrected chi connectivity index (χ4v) is 3.49. The van der Waals surface area contributed by atoms with Gasteiger partial charge in [0, 0.05) is 7.11 Å². The van der Waals surface area contributed by atoms with Gasteiger partial charge in [-0.2, -0.15) is 0 Å². The summed E-state index contributed by atoms with van der Waals surface area (Å²) in [5, 5.41) is 0. The highest BCUT2D eigenvalue weighted by Crippen LogP contribution is 2.43. The van der Waals surface area contributed by atoms with Crippen molar-refractivity contribution in [1.82, 2.24) is 0 Å². The largest absolute Gasteiger partial charge is 0.493 e. The molecule has 3 atom stereocenters. The van der Waals surface area contributed by atoms with Crippen molar-refractivity contribution < 1.29 is 14.2 Å². The molecule has 1 saturated carbocycles. The number of hydrogen-bond acceptors (Lipinski definition) is 4. The van der Waals surface area contributed by atoms with Crippen LogP contribution in [0.2, 0.25) is 0 Å². The summed E-state index contributed by atoms with van der Waals surface area (Å²) in [6.45, 7) is 2.27. The van der Waals surface area contributed by atoms with Gasteiger partial charge in [-0.1, -0.05) is 25.8 Å². The second-order valence-corrected chi connectivity index (χ2v) is 6.06. The molecule has 118 valence electrons. The van der Waals surface area contributed by atoms with Crippen molar-refractivity contribution in [3.8, 4) is 11.5 Å². The molecule has 0 aromatic heterocycles. The van der Waals surface area contributed by atoms with Crippen LogP contribution in [-0.2, 0) is 4.74 Å². The molecule has 0 spiro atoms. The van der Waals surface area contributed by atoms with Crippen LogP contribution in [0.3, 0.4) is 0 Å². The fourth-order valence-electron chi connectivity index (χ4n) is 3.49. The van der Waals surface area contributed by atoms with Gasteiger partial charge in [-0.15, -0.1) is 0 Å². The minimum atomic E-state index is -0.280. The van der Waals surface area contributed by atoms with Crippen molar-refractivity contribution in [3.63, 3.8) is 0 Å². The Kier molecular flexibility index (Phi) is 5.12. The van der Waals surface area contributed by atoms with Gasteiger partial charge in [-0.25, -0.2) is 0 Å². The number of hydrogen-bond donors (Lipinski definition) is 1. The lowest BCUT2D eigenvalue weighted by atomic mass is 9.73. The third-order valence-corrected chi connectivity index (χ3v) is 4.73. The summed E-state index contributed by atoms with van der Waals surface area (Å²) in [6, 6.07) is 5.71. The Hall–Kier alpha value is -1.26. The molecular formula is C17H27NO3. The van der Waals surface area contributed by atoms with Gasteiger partial charge in [-0.05, 0) is 36.5 Å². The Labute approximate surface area is 127 Å². The molecule has 3 unspecified atom stereocenters. The maximum absolute atomic E-state index is 6.57. The first-order valence-corrected chi connectivity index (χ1v) is 7.59. The number of nitrogens with two attached hydrogens (primary N) is 1. The van der Waals surface area contributed by atoms with Crippen LogP contribution in [0.15, 0.2) is 18.2 Å². The summed E-state index contributed by atoms with van der Waals surface area (Å²) < 4.78 is 16.6. The van der Waals surface area contributed by atoms with Crippen molar-refractivity contribution >= 4 is 0 Å². The van der Waals surface area contributed by atoms with Gasteiger partial charge in [0.05, 0.1) is 25.9 Å². The zero-order valence-corrected chi connectivity index (χ0v) is 13.5. The highest BCUT2D eigenvalue weighted by molar-refractivity contribution is 5.44. The Bertz CT molecular complexity index is 477. The summed E-state index contributed by atoms with van der Waals surface area (Å²) in [6.07, 6.45) is 4.42. The monoisotopic (exact) mass is 293 g/mol. The van der Waals surface area contributed by atoms with Crippen LogP contribution in [0.5, 0.6) is 11.5 Å². The zero-order chi connectivity index (χ0) is 15.5. The maximum atomic E-state index is 6.57. The van der Waals surface area contributed by atoms with Crippen molar-refractivity contribution in [1.29, 1.82) is 0 Å². The average molecular weight is 293 g/mol. The molecule has 0 aliphatic heterocycles. The van der Waals surface area contributed by atoms with Crippen LogP contribution < -0.4 is 15.2 Å². The topological polar surface area (TPSA) is 53.7 Å². The van der Waals surface area contributed by atoms with Gasteiger partial charge < -0.3 is 19.9 Å². The molecular weight excluding hydrogens is 266 g/mol. The Morgan fingerprint density at radius 1 is 1.19 bits per heavy atom. The summed E-state index contributed by atoms with van der Waals surface area (Å²) in [7, 11) is 5.05. The molecule has 2 rings (SSSR count). The van der Waals surface area contributed by atoms with Gasteiger partial charge >= 0.3 is 0 Å². The van der Waals surface area contributed by atoms with E-state index in [0.717, 1.165) is 30.6 Å². The van der Waals surface area contributed by atoms with Crippen LogP contribution in [0.1, 0.15) is 44.2 Å². The number of rotatable bonds is 5. The number of benzene rings is 1. The maximum Gasteiger partial charge on any atom is 0.161 e. The van der Waals surface area contributed by atoms with Crippen LogP contribution in [0.4, 0.5) is 0 Å². The van der Waals surface area contributed by atoms with Gasteiger partial charge in [0.2, 0.25) is 0 Å². The van der Waals surface area contributed by atoms with Crippen LogP contribution in [0, 0.1) is 5.92 Å². The number of methoxy groups -OCH3 is 3. The van der Waals surface area contributed by atoms with E-state index < -0.39 is 0 Å². The lowest BCUT2D eigenvalue weighted by Gasteiger charge is -2.43. The molecule has 0 amide bonds. The molecule has 4 heteroatoms. The van der Waals surface area contributed by atoms with E-state index in [1.807, 2.05) is 18.2 Å². The second-order valence-electron chi connectivity index (χ2n) is 6.06. The van der Waals surface area contributed by atoms with E-state index in [1.165, 1.54) is 6.42 Å². The lowest BCUT2D eigenvalue weighted by molar-refractivity contribution is -0.0718. The third-order valence-electron chi connectivity index (χ3n) is 4.73. The smallest absolute Gasteiger partial charge is 0.161 e. The molecule has 1 aliphatic carbocycles. The zero-order valence-electron chi connectivity index (χ0n) is 13.5. The molecule has 1 aromatic rings. The second kappa shape index (κ2) is 6.67. The molecule has 1 aromatic carbocycles. The van der Waals surface area contributed by atoms with Crippen LogP contribution >= 0.6 is 0 Å². The molecule has 1 fully saturated rings. The van der Waals surface area contributed by atoms with E-state index in [0.29, 0.717) is 11.7 Å². The van der Waals surface area contributed by atoms with Crippen molar-refractivity contribution in [3.05, 3.63) is 23.8 Å². The minimum Gasteiger partial charge on any atom is -0.493 e. The summed E-state index contributed by atoms with van der Waals surface area (Å²) >= 11 is 0. The Morgan fingerprint density at radius 2 is 1.90 bits per heavy atom. The normalized spacial score (nSPS) is 27.2.